The fourth-order valence-electron chi connectivity index (χ4n) is 4.60. The van der Waals surface area contributed by atoms with Gasteiger partial charge >= 0.3 is 10.1 Å². The molecule has 2 heterocycles. The second-order valence-electron chi connectivity index (χ2n) is 9.79. The number of anilines is 3. The van der Waals surface area contributed by atoms with E-state index in [1.54, 1.807) is 12.3 Å². The zero-order valence-corrected chi connectivity index (χ0v) is 22.7. The smallest absolute Gasteiger partial charge is 0.312 e. The lowest BCUT2D eigenvalue weighted by Crippen LogP contribution is -2.35. The summed E-state index contributed by atoms with van der Waals surface area (Å²) in [6.45, 7) is 6.03. The van der Waals surface area contributed by atoms with E-state index < -0.39 is 15.4 Å². The van der Waals surface area contributed by atoms with Crippen LogP contribution in [0, 0.1) is 0 Å². The maximum absolute atomic E-state index is 13.0. The van der Waals surface area contributed by atoms with E-state index in [2.05, 4.69) is 14.9 Å². The predicted molar refractivity (Wildman–Crippen MR) is 150 cm³/mol. The van der Waals surface area contributed by atoms with Gasteiger partial charge < -0.3 is 30.9 Å². The van der Waals surface area contributed by atoms with Crippen LogP contribution in [0.15, 0.2) is 36.5 Å². The van der Waals surface area contributed by atoms with E-state index in [9.17, 15) is 8.42 Å². The van der Waals surface area contributed by atoms with Crippen molar-refractivity contribution in [1.82, 2.24) is 14.9 Å². The predicted octanol–water partition coefficient (Wildman–Crippen LogP) is 2.58. The molecular formula is C27H34N6O5S. The molecule has 0 amide bonds. The van der Waals surface area contributed by atoms with Gasteiger partial charge in [-0.05, 0) is 54.7 Å². The number of aromatic nitrogens is 2. The molecule has 1 aromatic heterocycles. The van der Waals surface area contributed by atoms with Gasteiger partial charge in [-0.1, -0.05) is 12.1 Å². The topological polar surface area (TPSA) is 169 Å². The Morgan fingerprint density at radius 1 is 1.05 bits per heavy atom. The number of rotatable bonds is 10. The minimum Gasteiger partial charge on any atom is -0.493 e. The molecule has 0 unspecified atom stereocenters. The van der Waals surface area contributed by atoms with Gasteiger partial charge in [0.15, 0.2) is 5.75 Å². The van der Waals surface area contributed by atoms with E-state index in [4.69, 9.17) is 30.9 Å². The molecular weight excluding hydrogens is 520 g/mol. The van der Waals surface area contributed by atoms with Gasteiger partial charge in [-0.3, -0.25) is 4.90 Å². The zero-order valence-electron chi connectivity index (χ0n) is 21.9. The maximum Gasteiger partial charge on any atom is 0.312 e. The summed E-state index contributed by atoms with van der Waals surface area (Å²) in [4.78, 5) is 10.4. The van der Waals surface area contributed by atoms with Crippen molar-refractivity contribution in [2.75, 3.05) is 50.1 Å². The van der Waals surface area contributed by atoms with Crippen LogP contribution in [0.5, 0.6) is 11.5 Å². The van der Waals surface area contributed by atoms with E-state index in [0.29, 0.717) is 73.8 Å². The van der Waals surface area contributed by atoms with Gasteiger partial charge in [-0.2, -0.15) is 13.4 Å². The van der Waals surface area contributed by atoms with Crippen LogP contribution in [0.3, 0.4) is 0 Å². The summed E-state index contributed by atoms with van der Waals surface area (Å²) in [6, 6.07) is 9.28. The Hall–Kier alpha value is -3.61. The van der Waals surface area contributed by atoms with Crippen molar-refractivity contribution in [3.05, 3.63) is 53.2 Å². The van der Waals surface area contributed by atoms with Crippen molar-refractivity contribution >= 4 is 27.6 Å². The molecule has 2 aromatic carbocycles. The highest BCUT2D eigenvalue weighted by Crippen LogP contribution is 2.43. The van der Waals surface area contributed by atoms with Crippen molar-refractivity contribution in [1.29, 1.82) is 0 Å². The molecule has 3 aromatic rings. The molecule has 2 aliphatic rings. The summed E-state index contributed by atoms with van der Waals surface area (Å²) in [5.74, 6) is 0.987. The second kappa shape index (κ2) is 11.2. The van der Waals surface area contributed by atoms with E-state index in [0.717, 1.165) is 24.2 Å². The standard InChI is InChI=1S/C27H34N6O5S/c1-2-37-23-12-17(11-20-15-31-27(30)32-26(20)29)13-24(38-39(34,35)21-5-6-21)25(23)18-3-4-19(22(28)14-18)16-33-7-9-36-10-8-33/h3-4,12-15,21H,2,5-11,16,28H2,1H3,(H4,29,30,31,32). The van der Waals surface area contributed by atoms with E-state index in [1.165, 1.54) is 0 Å². The minimum absolute atomic E-state index is 0.0795. The number of benzene rings is 2. The number of hydrogen-bond donors (Lipinski definition) is 3. The Labute approximate surface area is 228 Å². The van der Waals surface area contributed by atoms with Crippen LogP contribution in [0.4, 0.5) is 17.5 Å². The lowest BCUT2D eigenvalue weighted by atomic mass is 9.97. The molecule has 1 aliphatic heterocycles. The summed E-state index contributed by atoms with van der Waals surface area (Å²) in [5, 5.41) is -0.508. The van der Waals surface area contributed by atoms with Gasteiger partial charge in [-0.25, -0.2) is 4.98 Å². The molecule has 208 valence electrons. The Morgan fingerprint density at radius 2 is 1.79 bits per heavy atom. The Kier molecular flexibility index (Phi) is 7.78. The molecule has 0 spiro atoms. The van der Waals surface area contributed by atoms with E-state index >= 15 is 0 Å². The van der Waals surface area contributed by atoms with Crippen molar-refractivity contribution in [3.63, 3.8) is 0 Å². The van der Waals surface area contributed by atoms with Crippen molar-refractivity contribution in [3.8, 4) is 22.6 Å². The quantitative estimate of drug-likeness (QED) is 0.249. The average Bonchev–Trinajstić information content (AvgIpc) is 3.74. The van der Waals surface area contributed by atoms with Gasteiger partial charge in [0.25, 0.3) is 0 Å². The molecule has 5 rings (SSSR count). The molecule has 0 bridgehead atoms. The van der Waals surface area contributed by atoms with Crippen LogP contribution < -0.4 is 26.1 Å². The lowest BCUT2D eigenvalue weighted by Gasteiger charge is -2.27. The summed E-state index contributed by atoms with van der Waals surface area (Å²) in [5.41, 5.74) is 22.4. The van der Waals surface area contributed by atoms with Crippen molar-refractivity contribution in [2.45, 2.75) is 38.0 Å². The molecule has 6 N–H and O–H groups in total. The molecule has 1 saturated carbocycles. The number of hydrogen-bond acceptors (Lipinski definition) is 11. The van der Waals surface area contributed by atoms with Crippen LogP contribution in [-0.4, -0.2) is 61.4 Å². The minimum atomic E-state index is -3.81. The van der Waals surface area contributed by atoms with Gasteiger partial charge in [0.2, 0.25) is 5.95 Å². The first-order valence-electron chi connectivity index (χ1n) is 13.0. The Balaban J connectivity index is 1.55. The van der Waals surface area contributed by atoms with Crippen molar-refractivity contribution in [2.24, 2.45) is 0 Å². The highest BCUT2D eigenvalue weighted by atomic mass is 32.2. The Morgan fingerprint density at radius 3 is 2.46 bits per heavy atom. The highest BCUT2D eigenvalue weighted by Gasteiger charge is 2.38. The maximum atomic E-state index is 13.0. The molecule has 0 atom stereocenters. The number of nitrogens with two attached hydrogens (primary N) is 3. The van der Waals surface area contributed by atoms with Crippen LogP contribution in [0.25, 0.3) is 11.1 Å². The zero-order chi connectivity index (χ0) is 27.6. The van der Waals surface area contributed by atoms with Gasteiger partial charge in [0.05, 0.1) is 30.6 Å². The van der Waals surface area contributed by atoms with Gasteiger partial charge in [0, 0.05) is 43.5 Å². The van der Waals surface area contributed by atoms with Gasteiger partial charge in [-0.15, -0.1) is 0 Å². The second-order valence-corrected chi connectivity index (χ2v) is 11.6. The third-order valence-electron chi connectivity index (χ3n) is 6.81. The first kappa shape index (κ1) is 27.0. The molecule has 12 heteroatoms. The number of nitrogens with zero attached hydrogens (tertiary/aromatic N) is 3. The van der Waals surface area contributed by atoms with Crippen LogP contribution in [0.1, 0.15) is 36.5 Å². The summed E-state index contributed by atoms with van der Waals surface area (Å²) < 4.78 is 43.2. The van der Waals surface area contributed by atoms with E-state index in [-0.39, 0.29) is 17.5 Å². The summed E-state index contributed by atoms with van der Waals surface area (Å²) >= 11 is 0. The SMILES string of the molecule is CCOc1cc(Cc2cnc(N)nc2N)cc(OS(=O)(=O)C2CC2)c1-c1ccc(CN2CCOCC2)c(N)c1. The average molecular weight is 555 g/mol. The van der Waals surface area contributed by atoms with Crippen molar-refractivity contribution < 1.29 is 22.1 Å². The number of ether oxygens (including phenoxy) is 2. The van der Waals surface area contributed by atoms with Crippen LogP contribution >= 0.6 is 0 Å². The normalized spacial score (nSPS) is 16.2. The molecule has 39 heavy (non-hydrogen) atoms. The first-order chi connectivity index (χ1) is 18.7. The van der Waals surface area contributed by atoms with E-state index in [1.807, 2.05) is 31.2 Å². The highest BCUT2D eigenvalue weighted by molar-refractivity contribution is 7.88. The fraction of sp³-hybridized carbons (Fsp3) is 0.407. The van der Waals surface area contributed by atoms with Crippen LogP contribution in [-0.2, 0) is 27.8 Å². The van der Waals surface area contributed by atoms with Gasteiger partial charge in [0.1, 0.15) is 11.6 Å². The molecule has 2 fully saturated rings. The molecule has 11 nitrogen and oxygen atoms in total. The lowest BCUT2D eigenvalue weighted by molar-refractivity contribution is 0.0343. The van der Waals surface area contributed by atoms with Crippen LogP contribution in [0.2, 0.25) is 0 Å². The third kappa shape index (κ3) is 6.35. The number of morpholine rings is 1. The monoisotopic (exact) mass is 554 g/mol. The molecule has 0 radical (unpaired) electrons. The first-order valence-corrected chi connectivity index (χ1v) is 14.5. The summed E-state index contributed by atoms with van der Waals surface area (Å²) in [7, 11) is -3.81. The fourth-order valence-corrected chi connectivity index (χ4v) is 5.83. The Bertz CT molecular complexity index is 1460. The molecule has 1 aliphatic carbocycles. The largest absolute Gasteiger partial charge is 0.493 e. The molecule has 1 saturated heterocycles. The number of nitrogen functional groups attached to an aromatic ring is 3. The third-order valence-corrected chi connectivity index (χ3v) is 8.51. The summed E-state index contributed by atoms with van der Waals surface area (Å²) in [6.07, 6.45) is 3.05.